The largest absolute Gasteiger partial charge is 0.514 e. The summed E-state index contributed by atoms with van der Waals surface area (Å²) in [6, 6.07) is 8.81. The fourth-order valence-corrected chi connectivity index (χ4v) is 4.18. The minimum absolute atomic E-state index is 0.0717. The summed E-state index contributed by atoms with van der Waals surface area (Å²) in [5, 5.41) is 24.4. The van der Waals surface area contributed by atoms with Crippen LogP contribution in [-0.2, 0) is 27.3 Å². The molecule has 1 aliphatic heterocycles. The number of nitrogens with one attached hydrogen (secondary N) is 1. The first-order valence-electron chi connectivity index (χ1n) is 12.3. The number of hydrogen-bond acceptors (Lipinski definition) is 8. The summed E-state index contributed by atoms with van der Waals surface area (Å²) in [6.07, 6.45) is 0.121. The van der Waals surface area contributed by atoms with Gasteiger partial charge in [0.25, 0.3) is 5.69 Å². The number of anilines is 1. The van der Waals surface area contributed by atoms with E-state index in [1.165, 1.54) is 17.0 Å². The number of nitro groups is 1. The third kappa shape index (κ3) is 7.21. The molecule has 1 aliphatic rings. The second-order valence-corrected chi connectivity index (χ2v) is 10.4. The van der Waals surface area contributed by atoms with Crippen molar-refractivity contribution in [2.24, 2.45) is 5.92 Å². The molecule has 0 bridgehead atoms. The number of aliphatic carboxylic acids is 1. The molecule has 0 fully saturated rings. The molecule has 38 heavy (non-hydrogen) atoms. The number of non-ortho nitro benzene ring substituents is 1. The summed E-state index contributed by atoms with van der Waals surface area (Å²) in [7, 11) is 0. The molecule has 1 amide bonds. The summed E-state index contributed by atoms with van der Waals surface area (Å²) in [4.78, 5) is 49.1. The van der Waals surface area contributed by atoms with E-state index in [2.05, 4.69) is 5.32 Å². The highest BCUT2D eigenvalue weighted by molar-refractivity contribution is 5.90. The molecule has 2 aromatic rings. The Labute approximate surface area is 220 Å². The molecule has 0 saturated heterocycles. The Morgan fingerprint density at radius 3 is 2.45 bits per heavy atom. The number of carbonyl (C=O) groups is 3. The molecule has 2 aromatic carbocycles. The van der Waals surface area contributed by atoms with Gasteiger partial charge in [-0.15, -0.1) is 0 Å². The van der Waals surface area contributed by atoms with Gasteiger partial charge >= 0.3 is 12.1 Å². The third-order valence-electron chi connectivity index (χ3n) is 6.18. The van der Waals surface area contributed by atoms with Gasteiger partial charge in [0, 0.05) is 29.9 Å². The van der Waals surface area contributed by atoms with Crippen LogP contribution in [0.4, 0.5) is 16.2 Å². The Balaban J connectivity index is 1.97. The van der Waals surface area contributed by atoms with Crippen LogP contribution in [0.3, 0.4) is 0 Å². The zero-order valence-electron chi connectivity index (χ0n) is 22.1. The van der Waals surface area contributed by atoms with E-state index in [1.54, 1.807) is 45.0 Å². The zero-order chi connectivity index (χ0) is 28.2. The van der Waals surface area contributed by atoms with Crippen LogP contribution in [0.25, 0.3) is 0 Å². The molecule has 2 N–H and O–H groups in total. The first-order chi connectivity index (χ1) is 17.8. The van der Waals surface area contributed by atoms with Crippen LogP contribution < -0.4 is 10.1 Å². The van der Waals surface area contributed by atoms with E-state index in [1.807, 2.05) is 13.8 Å². The lowest BCUT2D eigenvalue weighted by atomic mass is 9.96. The standard InChI is InChI=1S/C27H33N3O8/c1-6-16(2)23-25(33)29(15-22(31)32)14-19-13-20(30(35)36)12-18(24(19)28-23)11-17-7-9-21(10-8-17)37-26(34)38-27(3,4)5/h7-10,12-13,16,23,28H,6,11,14-15H2,1-5H3,(H,31,32)/t16-,23-/m0/s1. The highest BCUT2D eigenvalue weighted by Gasteiger charge is 2.35. The summed E-state index contributed by atoms with van der Waals surface area (Å²) in [5.74, 6) is -1.36. The SMILES string of the molecule is CC[C@H](C)[C@@H]1Nc2c(Cc3ccc(OC(=O)OC(C)(C)C)cc3)cc([N+](=O)[O-])cc2CN(CC(=O)O)C1=O. The molecule has 0 saturated carbocycles. The van der Waals surface area contributed by atoms with Crippen molar-refractivity contribution in [2.45, 2.75) is 65.6 Å². The number of nitro benzene ring substituents is 1. The quantitative estimate of drug-likeness (QED) is 0.215. The van der Waals surface area contributed by atoms with Gasteiger partial charge in [0.2, 0.25) is 5.91 Å². The number of hydrogen-bond donors (Lipinski definition) is 2. The van der Waals surface area contributed by atoms with Crippen molar-refractivity contribution in [2.75, 3.05) is 11.9 Å². The number of benzene rings is 2. The topological polar surface area (TPSA) is 148 Å². The monoisotopic (exact) mass is 527 g/mol. The van der Waals surface area contributed by atoms with Crippen molar-refractivity contribution >= 4 is 29.4 Å². The van der Waals surface area contributed by atoms with Crippen molar-refractivity contribution in [3.8, 4) is 5.75 Å². The number of carbonyl (C=O) groups excluding carboxylic acids is 2. The van der Waals surface area contributed by atoms with Crippen LogP contribution >= 0.6 is 0 Å². The first kappa shape index (κ1) is 28.4. The highest BCUT2D eigenvalue weighted by atomic mass is 16.7. The Hall–Kier alpha value is -4.15. The number of fused-ring (bicyclic) bond motifs is 1. The zero-order valence-corrected chi connectivity index (χ0v) is 22.1. The molecule has 1 heterocycles. The first-order valence-corrected chi connectivity index (χ1v) is 12.3. The second-order valence-electron chi connectivity index (χ2n) is 10.4. The van der Waals surface area contributed by atoms with Crippen LogP contribution in [0.1, 0.15) is 57.7 Å². The molecule has 0 radical (unpaired) electrons. The van der Waals surface area contributed by atoms with Crippen LogP contribution in [-0.4, -0.2) is 51.1 Å². The highest BCUT2D eigenvalue weighted by Crippen LogP contribution is 2.35. The van der Waals surface area contributed by atoms with E-state index in [9.17, 15) is 29.6 Å². The Kier molecular flexibility index (Phi) is 8.60. The molecule has 11 nitrogen and oxygen atoms in total. The number of carboxylic acid groups (broad SMARTS) is 1. The van der Waals surface area contributed by atoms with E-state index in [4.69, 9.17) is 9.47 Å². The predicted octanol–water partition coefficient (Wildman–Crippen LogP) is 4.75. The summed E-state index contributed by atoms with van der Waals surface area (Å²) >= 11 is 0. The van der Waals surface area contributed by atoms with Crippen LogP contribution in [0.15, 0.2) is 36.4 Å². The van der Waals surface area contributed by atoms with E-state index >= 15 is 0 Å². The van der Waals surface area contributed by atoms with Crippen molar-refractivity contribution in [1.82, 2.24) is 4.90 Å². The average molecular weight is 528 g/mol. The number of amides is 1. The van der Waals surface area contributed by atoms with Crippen molar-refractivity contribution in [3.63, 3.8) is 0 Å². The van der Waals surface area contributed by atoms with Gasteiger partial charge in [0.05, 0.1) is 4.92 Å². The maximum Gasteiger partial charge on any atom is 0.514 e. The smallest absolute Gasteiger partial charge is 0.480 e. The number of ether oxygens (including phenoxy) is 2. The molecule has 0 unspecified atom stereocenters. The number of carboxylic acids is 1. The number of nitrogens with zero attached hydrogens (tertiary/aromatic N) is 2. The van der Waals surface area contributed by atoms with Crippen molar-refractivity contribution < 1.29 is 33.9 Å². The molecule has 3 rings (SSSR count). The van der Waals surface area contributed by atoms with Gasteiger partial charge in [-0.3, -0.25) is 19.7 Å². The van der Waals surface area contributed by atoms with Crippen LogP contribution in [0, 0.1) is 16.0 Å². The van der Waals surface area contributed by atoms with Gasteiger partial charge in [-0.05, 0) is 56.4 Å². The van der Waals surface area contributed by atoms with Gasteiger partial charge in [-0.25, -0.2) is 4.79 Å². The molecule has 2 atom stereocenters. The Morgan fingerprint density at radius 2 is 1.89 bits per heavy atom. The maximum absolute atomic E-state index is 13.3. The predicted molar refractivity (Wildman–Crippen MR) is 139 cm³/mol. The molecule has 0 aliphatic carbocycles. The lowest BCUT2D eigenvalue weighted by Crippen LogP contribution is -2.45. The molecule has 204 valence electrons. The Bertz CT molecular complexity index is 1220. The van der Waals surface area contributed by atoms with Crippen LogP contribution in [0.2, 0.25) is 0 Å². The van der Waals surface area contributed by atoms with Gasteiger partial charge < -0.3 is 24.8 Å². The molecular formula is C27H33N3O8. The van der Waals surface area contributed by atoms with E-state index in [0.717, 1.165) is 5.56 Å². The second kappa shape index (κ2) is 11.5. The normalized spacial score (nSPS) is 16.1. The van der Waals surface area contributed by atoms with E-state index in [0.29, 0.717) is 23.2 Å². The third-order valence-corrected chi connectivity index (χ3v) is 6.18. The van der Waals surface area contributed by atoms with Crippen molar-refractivity contribution in [3.05, 3.63) is 63.2 Å². The minimum atomic E-state index is -1.16. The average Bonchev–Trinajstić information content (AvgIpc) is 2.94. The van der Waals surface area contributed by atoms with Gasteiger partial charge in [-0.1, -0.05) is 32.4 Å². The summed E-state index contributed by atoms with van der Waals surface area (Å²) < 4.78 is 10.4. The lowest BCUT2D eigenvalue weighted by molar-refractivity contribution is -0.385. The lowest BCUT2D eigenvalue weighted by Gasteiger charge is -2.27. The van der Waals surface area contributed by atoms with E-state index < -0.39 is 35.2 Å². The fourth-order valence-electron chi connectivity index (χ4n) is 4.18. The molecular weight excluding hydrogens is 494 g/mol. The van der Waals surface area contributed by atoms with Gasteiger partial charge in [-0.2, -0.15) is 0 Å². The maximum atomic E-state index is 13.3. The minimum Gasteiger partial charge on any atom is -0.480 e. The van der Waals surface area contributed by atoms with Gasteiger partial charge in [0.1, 0.15) is 23.9 Å². The van der Waals surface area contributed by atoms with Crippen LogP contribution in [0.5, 0.6) is 5.75 Å². The fraction of sp³-hybridized carbons (Fsp3) is 0.444. The van der Waals surface area contributed by atoms with Gasteiger partial charge in [0.15, 0.2) is 0 Å². The van der Waals surface area contributed by atoms with E-state index in [-0.39, 0.29) is 36.2 Å². The molecule has 11 heteroatoms. The summed E-state index contributed by atoms with van der Waals surface area (Å²) in [6.45, 7) is 8.44. The number of rotatable bonds is 8. The summed E-state index contributed by atoms with van der Waals surface area (Å²) in [5.41, 5.74) is 1.57. The molecule has 0 spiro atoms. The Morgan fingerprint density at radius 1 is 1.24 bits per heavy atom. The molecule has 0 aromatic heterocycles. The van der Waals surface area contributed by atoms with Crippen molar-refractivity contribution in [1.29, 1.82) is 0 Å².